The Balaban J connectivity index is 1.78. The number of carbonyl (C=O) groups excluding carboxylic acids is 1. The molecule has 194 valence electrons. The molecule has 1 aliphatic carbocycles. The molecule has 0 N–H and O–H groups in total. The van der Waals surface area contributed by atoms with Crippen LogP contribution in [0, 0.1) is 13.8 Å². The summed E-state index contributed by atoms with van der Waals surface area (Å²) in [5.74, 6) is 2.33. The number of Topliss-reactive ketones (excluding diaryl/α,β-unsaturated/α-hetero) is 1. The summed E-state index contributed by atoms with van der Waals surface area (Å²) in [6, 6.07) is 12.6. The van der Waals surface area contributed by atoms with Gasteiger partial charge in [-0.05, 0) is 85.4 Å². The summed E-state index contributed by atoms with van der Waals surface area (Å²) in [5, 5.41) is 0. The van der Waals surface area contributed by atoms with Crippen molar-refractivity contribution < 1.29 is 4.79 Å². The summed E-state index contributed by atoms with van der Waals surface area (Å²) in [4.78, 5) is 17.6. The highest BCUT2D eigenvalue weighted by atomic mass is 35.5. The van der Waals surface area contributed by atoms with Gasteiger partial charge in [0, 0.05) is 72.2 Å². The van der Waals surface area contributed by atoms with Crippen molar-refractivity contribution in [3.05, 3.63) is 69.8 Å². The fourth-order valence-corrected chi connectivity index (χ4v) is 5.35. The Morgan fingerprint density at radius 2 is 1.03 bits per heavy atom. The minimum atomic E-state index is 0.138. The number of ketones is 1. The number of aryl methyl sites for hydroxylation is 2. The van der Waals surface area contributed by atoms with E-state index in [0.717, 1.165) is 83.8 Å². The Hall–Kier alpha value is -1.65. The Morgan fingerprint density at radius 3 is 1.33 bits per heavy atom. The van der Waals surface area contributed by atoms with Gasteiger partial charge >= 0.3 is 0 Å². The summed E-state index contributed by atoms with van der Waals surface area (Å²) in [7, 11) is 0. The number of alkyl halides is 4. The van der Waals surface area contributed by atoms with Crippen molar-refractivity contribution >= 4 is 75.7 Å². The third kappa shape index (κ3) is 7.44. The molecule has 0 saturated heterocycles. The lowest BCUT2D eigenvalue weighted by atomic mass is 10.0. The molecule has 1 saturated carbocycles. The number of rotatable bonds is 12. The Kier molecular flexibility index (Phi) is 11.5. The van der Waals surface area contributed by atoms with Crippen molar-refractivity contribution in [1.29, 1.82) is 0 Å². The van der Waals surface area contributed by atoms with Crippen molar-refractivity contribution in [2.45, 2.75) is 26.7 Å². The molecule has 1 aliphatic rings. The highest BCUT2D eigenvalue weighted by molar-refractivity contribution is 6.19. The topological polar surface area (TPSA) is 23.6 Å². The van der Waals surface area contributed by atoms with E-state index < -0.39 is 0 Å². The summed E-state index contributed by atoms with van der Waals surface area (Å²) in [5.41, 5.74) is 8.32. The van der Waals surface area contributed by atoms with Gasteiger partial charge in [0.05, 0.1) is 0 Å². The quantitative estimate of drug-likeness (QED) is 0.194. The van der Waals surface area contributed by atoms with Crippen LogP contribution in [0.4, 0.5) is 11.4 Å². The van der Waals surface area contributed by atoms with Crippen molar-refractivity contribution in [1.82, 2.24) is 0 Å². The van der Waals surface area contributed by atoms with Crippen molar-refractivity contribution in [2.75, 3.05) is 59.5 Å². The predicted octanol–water partition coefficient (Wildman–Crippen LogP) is 7.70. The van der Waals surface area contributed by atoms with Crippen LogP contribution >= 0.6 is 46.4 Å². The average Bonchev–Trinajstić information content (AvgIpc) is 3.20. The van der Waals surface area contributed by atoms with E-state index in [1.165, 1.54) is 0 Å². The smallest absolute Gasteiger partial charge is 0.185 e. The van der Waals surface area contributed by atoms with Crippen molar-refractivity contribution in [3.8, 4) is 0 Å². The molecule has 0 atom stereocenters. The molecule has 0 unspecified atom stereocenters. The van der Waals surface area contributed by atoms with Gasteiger partial charge in [0.25, 0.3) is 0 Å². The fourth-order valence-electron chi connectivity index (χ4n) is 4.54. The van der Waals surface area contributed by atoms with Crippen LogP contribution in [0.25, 0.3) is 12.2 Å². The number of anilines is 2. The molecule has 2 aromatic rings. The average molecular weight is 568 g/mol. The highest BCUT2D eigenvalue weighted by Gasteiger charge is 2.23. The van der Waals surface area contributed by atoms with Crippen LogP contribution in [0.3, 0.4) is 0 Å². The molecular formula is C29H34Cl4N2O. The summed E-state index contributed by atoms with van der Waals surface area (Å²) >= 11 is 23.8. The van der Waals surface area contributed by atoms with E-state index in [-0.39, 0.29) is 5.78 Å². The molecular weight excluding hydrogens is 534 g/mol. The van der Waals surface area contributed by atoms with E-state index in [2.05, 4.69) is 60.0 Å². The number of benzene rings is 2. The molecule has 0 spiro atoms. The summed E-state index contributed by atoms with van der Waals surface area (Å²) in [6.07, 6.45) is 5.60. The van der Waals surface area contributed by atoms with E-state index in [4.69, 9.17) is 46.4 Å². The monoisotopic (exact) mass is 566 g/mol. The third-order valence-electron chi connectivity index (χ3n) is 6.56. The molecule has 0 heterocycles. The van der Waals surface area contributed by atoms with Gasteiger partial charge in [-0.25, -0.2) is 0 Å². The molecule has 0 radical (unpaired) electrons. The molecule has 0 aromatic heterocycles. The van der Waals surface area contributed by atoms with Gasteiger partial charge in [-0.3, -0.25) is 4.79 Å². The lowest BCUT2D eigenvalue weighted by Crippen LogP contribution is -2.27. The van der Waals surface area contributed by atoms with E-state index in [9.17, 15) is 4.79 Å². The van der Waals surface area contributed by atoms with Crippen molar-refractivity contribution in [2.24, 2.45) is 0 Å². The van der Waals surface area contributed by atoms with Crippen molar-refractivity contribution in [3.63, 3.8) is 0 Å². The molecule has 3 nitrogen and oxygen atoms in total. The van der Waals surface area contributed by atoms with Crippen LogP contribution in [0.2, 0.25) is 0 Å². The maximum absolute atomic E-state index is 13.2. The molecule has 2 aromatic carbocycles. The second-order valence-electron chi connectivity index (χ2n) is 8.98. The molecule has 7 heteroatoms. The molecule has 0 aliphatic heterocycles. The largest absolute Gasteiger partial charge is 0.369 e. The molecule has 0 amide bonds. The maximum atomic E-state index is 13.2. The van der Waals surface area contributed by atoms with Gasteiger partial charge in [0.1, 0.15) is 0 Å². The number of allylic oxidation sites excluding steroid dienone is 2. The maximum Gasteiger partial charge on any atom is 0.185 e. The molecule has 1 fully saturated rings. The Morgan fingerprint density at radius 1 is 0.667 bits per heavy atom. The summed E-state index contributed by atoms with van der Waals surface area (Å²) in [6.45, 7) is 7.15. The number of hydrogen-bond donors (Lipinski definition) is 0. The molecule has 0 bridgehead atoms. The first kappa shape index (κ1) is 28.9. The second-order valence-corrected chi connectivity index (χ2v) is 10.5. The van der Waals surface area contributed by atoms with E-state index in [1.807, 2.05) is 12.2 Å². The normalized spacial score (nSPS) is 15.8. The van der Waals surface area contributed by atoms with Crippen LogP contribution < -0.4 is 9.80 Å². The zero-order chi connectivity index (χ0) is 26.1. The van der Waals surface area contributed by atoms with Gasteiger partial charge in [0.15, 0.2) is 5.78 Å². The van der Waals surface area contributed by atoms with E-state index >= 15 is 0 Å². The van der Waals surface area contributed by atoms with Crippen LogP contribution in [0.5, 0.6) is 0 Å². The van der Waals surface area contributed by atoms with Gasteiger partial charge in [-0.2, -0.15) is 0 Å². The zero-order valence-corrected chi connectivity index (χ0v) is 24.0. The van der Waals surface area contributed by atoms with Gasteiger partial charge < -0.3 is 9.80 Å². The standard InChI is InChI=1S/C29H34Cl4N2O/c1-21-17-27(34(13-9-30)14-10-31)7-5-23(21)19-25-3-4-26(29(25)36)20-24-6-8-28(18-22(24)2)35(15-11-32)16-12-33/h5-8,17-20H,3-4,9-16H2,1-2H3/b25-19+,26-20+. The highest BCUT2D eigenvalue weighted by Crippen LogP contribution is 2.32. The number of hydrogen-bond acceptors (Lipinski definition) is 3. The lowest BCUT2D eigenvalue weighted by molar-refractivity contribution is -0.111. The van der Waals surface area contributed by atoms with Gasteiger partial charge in [-0.1, -0.05) is 12.1 Å². The SMILES string of the molecule is Cc1cc(N(CCCl)CCCl)ccc1/C=C1\CC/C(=C\c2ccc(N(CCCl)CCCl)cc2C)C1=O. The van der Waals surface area contributed by atoms with Gasteiger partial charge in [0.2, 0.25) is 0 Å². The zero-order valence-electron chi connectivity index (χ0n) is 21.0. The molecule has 3 rings (SSSR count). The minimum Gasteiger partial charge on any atom is -0.369 e. The first-order chi connectivity index (χ1) is 17.4. The van der Waals surface area contributed by atoms with Crippen LogP contribution in [-0.2, 0) is 4.79 Å². The Labute approximate surface area is 235 Å². The number of halogens is 4. The van der Waals surface area contributed by atoms with Crippen LogP contribution in [-0.4, -0.2) is 55.5 Å². The minimum absolute atomic E-state index is 0.138. The molecule has 36 heavy (non-hydrogen) atoms. The van der Waals surface area contributed by atoms with Crippen LogP contribution in [0.1, 0.15) is 35.1 Å². The third-order valence-corrected chi connectivity index (χ3v) is 7.24. The van der Waals surface area contributed by atoms with Crippen LogP contribution in [0.15, 0.2) is 47.5 Å². The van der Waals surface area contributed by atoms with E-state index in [1.54, 1.807) is 0 Å². The Bertz CT molecular complexity index is 1010. The first-order valence-corrected chi connectivity index (χ1v) is 14.5. The number of carbonyl (C=O) groups is 1. The van der Waals surface area contributed by atoms with Gasteiger partial charge in [-0.15, -0.1) is 46.4 Å². The lowest BCUT2D eigenvalue weighted by Gasteiger charge is -2.23. The second kappa shape index (κ2) is 14.3. The predicted molar refractivity (Wildman–Crippen MR) is 160 cm³/mol. The first-order valence-electron chi connectivity index (χ1n) is 12.3. The summed E-state index contributed by atoms with van der Waals surface area (Å²) < 4.78 is 0. The van der Waals surface area contributed by atoms with E-state index in [0.29, 0.717) is 23.5 Å². The fraction of sp³-hybridized carbons (Fsp3) is 0.414. The number of nitrogens with zero attached hydrogens (tertiary/aromatic N) is 2.